The molecule has 1 heterocycles. The van der Waals surface area contributed by atoms with Gasteiger partial charge >= 0.3 is 5.97 Å². The molecule has 110 valence electrons. The molecule has 1 aromatic rings. The van der Waals surface area contributed by atoms with E-state index in [-0.39, 0.29) is 12.0 Å². The highest BCUT2D eigenvalue weighted by Gasteiger charge is 2.25. The third-order valence-electron chi connectivity index (χ3n) is 3.75. The number of hydrogen-bond acceptors (Lipinski definition) is 4. The van der Waals surface area contributed by atoms with E-state index in [1.807, 2.05) is 37.3 Å². The van der Waals surface area contributed by atoms with Gasteiger partial charge in [0.05, 0.1) is 6.61 Å². The second-order valence-corrected chi connectivity index (χ2v) is 5.42. The summed E-state index contributed by atoms with van der Waals surface area (Å²) in [5, 5.41) is 3.38. The van der Waals surface area contributed by atoms with Gasteiger partial charge in [0.25, 0.3) is 0 Å². The van der Waals surface area contributed by atoms with E-state index in [1.54, 1.807) is 0 Å². The van der Waals surface area contributed by atoms with Crippen molar-refractivity contribution in [3.05, 3.63) is 35.9 Å². The van der Waals surface area contributed by atoms with Crippen LogP contribution in [0.5, 0.6) is 0 Å². The largest absolute Gasteiger partial charge is 0.465 e. The van der Waals surface area contributed by atoms with Gasteiger partial charge in [-0.1, -0.05) is 30.3 Å². The van der Waals surface area contributed by atoms with Gasteiger partial charge in [0.1, 0.15) is 6.04 Å². The molecule has 4 heteroatoms. The van der Waals surface area contributed by atoms with Crippen LogP contribution in [0.15, 0.2) is 30.3 Å². The Morgan fingerprint density at radius 2 is 2.20 bits per heavy atom. The predicted molar refractivity (Wildman–Crippen MR) is 79.4 cm³/mol. The molecule has 4 nitrogen and oxygen atoms in total. The Labute approximate surface area is 121 Å². The van der Waals surface area contributed by atoms with Crippen LogP contribution in [-0.2, 0) is 9.53 Å². The van der Waals surface area contributed by atoms with Gasteiger partial charge in [0, 0.05) is 13.1 Å². The Kier molecular flexibility index (Phi) is 5.56. The summed E-state index contributed by atoms with van der Waals surface area (Å²) in [5.41, 5.74) is 0.970. The highest BCUT2D eigenvalue weighted by molar-refractivity contribution is 5.77. The minimum atomic E-state index is -0.359. The first-order valence-electron chi connectivity index (χ1n) is 7.34. The number of esters is 1. The van der Waals surface area contributed by atoms with Gasteiger partial charge in [-0.05, 0) is 38.4 Å². The molecule has 0 radical (unpaired) electrons. The lowest BCUT2D eigenvalue weighted by molar-refractivity contribution is -0.145. The van der Waals surface area contributed by atoms with Gasteiger partial charge in [0.2, 0.25) is 0 Å². The first-order valence-corrected chi connectivity index (χ1v) is 7.34. The Morgan fingerprint density at radius 1 is 1.45 bits per heavy atom. The van der Waals surface area contributed by atoms with E-state index in [1.165, 1.54) is 6.42 Å². The second kappa shape index (κ2) is 7.41. The van der Waals surface area contributed by atoms with Crippen molar-refractivity contribution < 1.29 is 9.53 Å². The number of nitrogens with zero attached hydrogens (tertiary/aromatic N) is 1. The van der Waals surface area contributed by atoms with Gasteiger partial charge in [-0.15, -0.1) is 0 Å². The van der Waals surface area contributed by atoms with Crippen molar-refractivity contribution >= 4 is 5.97 Å². The van der Waals surface area contributed by atoms with Crippen molar-refractivity contribution in [3.8, 4) is 0 Å². The number of carbonyl (C=O) groups excluding carboxylic acids is 1. The second-order valence-electron chi connectivity index (χ2n) is 5.42. The van der Waals surface area contributed by atoms with E-state index >= 15 is 0 Å². The monoisotopic (exact) mass is 276 g/mol. The molecule has 1 fully saturated rings. The first kappa shape index (κ1) is 15.0. The molecule has 2 unspecified atom stereocenters. The summed E-state index contributed by atoms with van der Waals surface area (Å²) in [4.78, 5) is 14.4. The fourth-order valence-corrected chi connectivity index (χ4v) is 2.69. The van der Waals surface area contributed by atoms with Crippen LogP contribution < -0.4 is 5.32 Å². The number of hydrogen-bond donors (Lipinski definition) is 1. The summed E-state index contributed by atoms with van der Waals surface area (Å²) in [6.07, 6.45) is 1.19. The quantitative estimate of drug-likeness (QED) is 0.805. The zero-order valence-electron chi connectivity index (χ0n) is 12.3. The summed E-state index contributed by atoms with van der Waals surface area (Å²) < 4.78 is 5.18. The van der Waals surface area contributed by atoms with Crippen molar-refractivity contribution in [3.63, 3.8) is 0 Å². The molecular weight excluding hydrogens is 252 g/mol. The average molecular weight is 276 g/mol. The van der Waals surface area contributed by atoms with Crippen molar-refractivity contribution in [2.24, 2.45) is 5.92 Å². The third-order valence-corrected chi connectivity index (χ3v) is 3.75. The van der Waals surface area contributed by atoms with E-state index in [2.05, 4.69) is 17.3 Å². The Hall–Kier alpha value is -1.39. The SMILES string of the molecule is CCOC(=O)C(NCC1CCN(C)C1)c1ccccc1. The lowest BCUT2D eigenvalue weighted by atomic mass is 10.0. The molecule has 1 aliphatic rings. The Bertz CT molecular complexity index is 422. The number of carbonyl (C=O) groups is 1. The standard InChI is InChI=1S/C16H24N2O2/c1-3-20-16(19)15(14-7-5-4-6-8-14)17-11-13-9-10-18(2)12-13/h4-8,13,15,17H,3,9-12H2,1-2H3. The van der Waals surface area contributed by atoms with Crippen molar-refractivity contribution in [1.82, 2.24) is 10.2 Å². The number of nitrogens with one attached hydrogen (secondary N) is 1. The maximum absolute atomic E-state index is 12.1. The molecule has 0 aromatic heterocycles. The summed E-state index contributed by atoms with van der Waals surface area (Å²) in [7, 11) is 2.14. The van der Waals surface area contributed by atoms with Gasteiger partial charge < -0.3 is 15.0 Å². The molecule has 1 aromatic carbocycles. The molecule has 1 aliphatic heterocycles. The maximum Gasteiger partial charge on any atom is 0.327 e. The maximum atomic E-state index is 12.1. The van der Waals surface area contributed by atoms with Gasteiger partial charge in [-0.3, -0.25) is 0 Å². The molecule has 0 spiro atoms. The minimum absolute atomic E-state index is 0.190. The average Bonchev–Trinajstić information content (AvgIpc) is 2.86. The van der Waals surface area contributed by atoms with Gasteiger partial charge in [-0.25, -0.2) is 4.79 Å². The molecule has 2 atom stereocenters. The highest BCUT2D eigenvalue weighted by Crippen LogP contribution is 2.18. The summed E-state index contributed by atoms with van der Waals surface area (Å²) in [6.45, 7) is 5.34. The van der Waals surface area contributed by atoms with Crippen LogP contribution in [0.3, 0.4) is 0 Å². The number of likely N-dealkylation sites (tertiary alicyclic amines) is 1. The number of ether oxygens (including phenoxy) is 1. The molecule has 2 rings (SSSR count). The Balaban J connectivity index is 1.98. The van der Waals surface area contributed by atoms with Crippen LogP contribution >= 0.6 is 0 Å². The molecule has 0 aliphatic carbocycles. The number of rotatable bonds is 6. The topological polar surface area (TPSA) is 41.6 Å². The van der Waals surface area contributed by atoms with Crippen molar-refractivity contribution in [2.75, 3.05) is 33.3 Å². The molecule has 1 N–H and O–H groups in total. The zero-order chi connectivity index (χ0) is 14.4. The van der Waals surface area contributed by atoms with Crippen LogP contribution in [0.4, 0.5) is 0 Å². The third kappa shape index (κ3) is 4.05. The van der Waals surface area contributed by atoms with Crippen LogP contribution in [0.2, 0.25) is 0 Å². The van der Waals surface area contributed by atoms with E-state index in [4.69, 9.17) is 4.74 Å². The van der Waals surface area contributed by atoms with Crippen molar-refractivity contribution in [1.29, 1.82) is 0 Å². The lowest BCUT2D eigenvalue weighted by Crippen LogP contribution is -2.34. The summed E-state index contributed by atoms with van der Waals surface area (Å²) >= 11 is 0. The van der Waals surface area contributed by atoms with Gasteiger partial charge in [-0.2, -0.15) is 0 Å². The molecule has 0 amide bonds. The van der Waals surface area contributed by atoms with E-state index < -0.39 is 0 Å². The van der Waals surface area contributed by atoms with Crippen LogP contribution in [0, 0.1) is 5.92 Å². The summed E-state index contributed by atoms with van der Waals surface area (Å²) in [5.74, 6) is 0.422. The first-order chi connectivity index (χ1) is 9.70. The molecule has 0 bridgehead atoms. The molecule has 0 saturated carbocycles. The van der Waals surface area contributed by atoms with Gasteiger partial charge in [0.15, 0.2) is 0 Å². The zero-order valence-corrected chi connectivity index (χ0v) is 12.3. The normalized spacial score (nSPS) is 20.8. The van der Waals surface area contributed by atoms with Crippen molar-refractivity contribution in [2.45, 2.75) is 19.4 Å². The fourth-order valence-electron chi connectivity index (χ4n) is 2.69. The minimum Gasteiger partial charge on any atom is -0.465 e. The van der Waals surface area contributed by atoms with Crippen LogP contribution in [-0.4, -0.2) is 44.2 Å². The van der Waals surface area contributed by atoms with Crippen LogP contribution in [0.25, 0.3) is 0 Å². The Morgan fingerprint density at radius 3 is 2.80 bits per heavy atom. The van der Waals surface area contributed by atoms with Crippen LogP contribution in [0.1, 0.15) is 24.9 Å². The molecule has 20 heavy (non-hydrogen) atoms. The van der Waals surface area contributed by atoms with E-state index in [0.717, 1.165) is 25.2 Å². The lowest BCUT2D eigenvalue weighted by Gasteiger charge is -2.20. The number of benzene rings is 1. The van der Waals surface area contributed by atoms with E-state index in [0.29, 0.717) is 12.5 Å². The fraction of sp³-hybridized carbons (Fsp3) is 0.562. The van der Waals surface area contributed by atoms with E-state index in [9.17, 15) is 4.79 Å². The predicted octanol–water partition coefficient (Wildman–Crippen LogP) is 1.83. The highest BCUT2D eigenvalue weighted by atomic mass is 16.5. The molecular formula is C16H24N2O2. The summed E-state index contributed by atoms with van der Waals surface area (Å²) in [6, 6.07) is 9.43. The molecule has 1 saturated heterocycles. The smallest absolute Gasteiger partial charge is 0.327 e.